The zero-order valence-corrected chi connectivity index (χ0v) is 68.8. The number of aliphatic hydroxyl groups excluding tert-OH is 2. The summed E-state index contributed by atoms with van der Waals surface area (Å²) in [6.07, 6.45) is 101. The molecule has 0 aromatic rings. The molecule has 0 saturated heterocycles. The van der Waals surface area contributed by atoms with Crippen LogP contribution in [0.1, 0.15) is 329 Å². The molecule has 5 atom stereocenters. The molecule has 18 heteroatoms. The van der Waals surface area contributed by atoms with Crippen LogP contribution in [0.5, 0.6) is 0 Å². The maximum Gasteiger partial charge on any atom is 0.472 e. The van der Waals surface area contributed by atoms with Gasteiger partial charge in [-0.3, -0.25) is 32.5 Å². The van der Waals surface area contributed by atoms with Gasteiger partial charge in [-0.25, -0.2) is 9.13 Å². The summed E-state index contributed by atoms with van der Waals surface area (Å²) in [5.41, 5.74) is 0. The molecule has 16 nitrogen and oxygen atoms in total. The summed E-state index contributed by atoms with van der Waals surface area (Å²) in [6, 6.07) is 0. The zero-order valence-electron chi connectivity index (χ0n) is 67.0. The number of hydrogen-bond donors (Lipinski definition) is 4. The van der Waals surface area contributed by atoms with Crippen molar-refractivity contribution in [3.8, 4) is 0 Å². The van der Waals surface area contributed by atoms with Gasteiger partial charge in [-0.15, -0.1) is 0 Å². The van der Waals surface area contributed by atoms with Crippen LogP contribution in [0.25, 0.3) is 0 Å². The van der Waals surface area contributed by atoms with Crippen LogP contribution in [-0.2, 0) is 55.8 Å². The van der Waals surface area contributed by atoms with E-state index in [0.29, 0.717) is 19.3 Å². The Morgan fingerprint density at radius 2 is 0.495 bits per heavy atom. The summed E-state index contributed by atoms with van der Waals surface area (Å²) in [7, 11) is -9.82. The third-order valence-electron chi connectivity index (χ3n) is 17.2. The van der Waals surface area contributed by atoms with E-state index in [1.807, 2.05) is 0 Å². The van der Waals surface area contributed by atoms with Crippen LogP contribution in [0.4, 0.5) is 0 Å². The monoisotopic (exact) mass is 1540 g/mol. The van der Waals surface area contributed by atoms with Crippen molar-refractivity contribution in [2.45, 2.75) is 347 Å². The summed E-state index contributed by atoms with van der Waals surface area (Å²) in [4.78, 5) is 58.8. The van der Waals surface area contributed by atoms with Gasteiger partial charge < -0.3 is 34.2 Å². The molecule has 0 rings (SSSR count). The first-order valence-electron chi connectivity index (χ1n) is 41.8. The number of aliphatic hydroxyl groups is 2. The Morgan fingerprint density at radius 3 is 0.785 bits per heavy atom. The van der Waals surface area contributed by atoms with Gasteiger partial charge in [0.1, 0.15) is 25.4 Å². The highest BCUT2D eigenvalue weighted by atomic mass is 31.2. The van der Waals surface area contributed by atoms with Crippen LogP contribution < -0.4 is 0 Å². The van der Waals surface area contributed by atoms with Gasteiger partial charge in [0.05, 0.1) is 26.4 Å². The van der Waals surface area contributed by atoms with E-state index < -0.39 is 91.5 Å². The number of ether oxygens (including phenoxy) is 3. The maximum atomic E-state index is 13.0. The Balaban J connectivity index is 4.68. The molecule has 4 N–H and O–H groups in total. The molecular weight excluding hydrogens is 1390 g/mol. The summed E-state index contributed by atoms with van der Waals surface area (Å²) in [6.45, 7) is 2.49. The number of unbranched alkanes of at least 4 members (excludes halogenated alkanes) is 29. The smallest absolute Gasteiger partial charge is 0.463 e. The van der Waals surface area contributed by atoms with Crippen molar-refractivity contribution >= 4 is 33.6 Å². The Bertz CT molecular complexity index is 2580. The number of esters is 3. The first-order chi connectivity index (χ1) is 52.2. The van der Waals surface area contributed by atoms with Crippen molar-refractivity contribution < 1.29 is 75.8 Å². The summed E-state index contributed by atoms with van der Waals surface area (Å²) < 4.78 is 61.3. The van der Waals surface area contributed by atoms with Crippen molar-refractivity contribution in [2.24, 2.45) is 0 Å². The van der Waals surface area contributed by atoms with Crippen LogP contribution >= 0.6 is 15.6 Å². The van der Waals surface area contributed by atoms with E-state index in [1.165, 1.54) is 89.9 Å². The molecule has 0 aliphatic carbocycles. The summed E-state index contributed by atoms with van der Waals surface area (Å²) in [5, 5.41) is 20.7. The van der Waals surface area contributed by atoms with E-state index in [4.69, 9.17) is 32.3 Å². The summed E-state index contributed by atoms with van der Waals surface area (Å²) in [5.74, 6) is -1.61. The number of rotatable bonds is 78. The molecular formula is C89H150O16P2. The lowest BCUT2D eigenvalue weighted by atomic mass is 10.0. The minimum Gasteiger partial charge on any atom is -0.463 e. The van der Waals surface area contributed by atoms with Gasteiger partial charge in [0, 0.05) is 19.3 Å². The molecule has 0 aromatic heterocycles. The average Bonchev–Trinajstić information content (AvgIpc) is 0.906. The van der Waals surface area contributed by atoms with Crippen LogP contribution in [0.15, 0.2) is 158 Å². The fourth-order valence-electron chi connectivity index (χ4n) is 10.9. The second kappa shape index (κ2) is 80.7. The van der Waals surface area contributed by atoms with Gasteiger partial charge in [-0.1, -0.05) is 314 Å². The maximum absolute atomic E-state index is 13.0. The minimum absolute atomic E-state index is 0.0756. The Kier molecular flexibility index (Phi) is 77.0. The number of allylic oxidation sites excluding steroid dienone is 26. The van der Waals surface area contributed by atoms with Crippen molar-refractivity contribution in [1.29, 1.82) is 0 Å². The highest BCUT2D eigenvalue weighted by Gasteiger charge is 2.29. The first-order valence-corrected chi connectivity index (χ1v) is 44.8. The highest BCUT2D eigenvalue weighted by Crippen LogP contribution is 2.45. The van der Waals surface area contributed by atoms with Crippen molar-refractivity contribution in [3.05, 3.63) is 158 Å². The van der Waals surface area contributed by atoms with E-state index in [-0.39, 0.29) is 19.3 Å². The van der Waals surface area contributed by atoms with Crippen molar-refractivity contribution in [3.63, 3.8) is 0 Å². The van der Waals surface area contributed by atoms with Gasteiger partial charge in [0.25, 0.3) is 0 Å². The fraction of sp³-hybridized carbons (Fsp3) is 0.674. The van der Waals surface area contributed by atoms with Gasteiger partial charge >= 0.3 is 33.6 Å². The second-order valence-electron chi connectivity index (χ2n) is 27.5. The van der Waals surface area contributed by atoms with Crippen molar-refractivity contribution in [1.82, 2.24) is 0 Å². The van der Waals surface area contributed by atoms with Gasteiger partial charge in [-0.05, 0) is 154 Å². The fourth-order valence-corrected chi connectivity index (χ4v) is 12.4. The third-order valence-corrected chi connectivity index (χ3v) is 19.1. The standard InChI is InChI=1S/C89H150O16P2/c1-4-7-10-13-16-19-22-25-28-31-34-37-39-40-41-42-44-47-48-51-54-57-60-63-66-69-72-75-87(92)99-78-84(90)79-101-106(95,96)102-80-85(91)81-103-107(97,98)104-83-86(105-89(94)77-74-71-68-65-62-59-56-53-50-45-36-33-30-27-24-21-18-15-12-9-6-3)82-100-88(93)76-73-70-67-64-61-58-55-52-49-46-43-38-35-32-29-26-23-20-17-14-11-8-5-2/h8,11,16-21,25-30,34-38,40-41,45-46,49,53,56,84-86,90-91H,4-7,9-10,12-15,22-24,31-33,39,42-44,47-48,50-52,54-55,57-83H2,1-3H3,(H,95,96)(H,97,98)/b11-8-,19-16-,20-17-,21-18-,28-25-,29-26-,30-27-,37-34-,38-35-,41-40-,45-36-,49-46-,56-53-. The van der Waals surface area contributed by atoms with Crippen LogP contribution in [0, 0.1) is 0 Å². The topological polar surface area (TPSA) is 231 Å². The molecule has 0 aromatic carbocycles. The molecule has 0 spiro atoms. The average molecular weight is 1540 g/mol. The number of carbonyl (C=O) groups is 3. The van der Waals surface area contributed by atoms with E-state index in [1.54, 1.807) is 0 Å². The van der Waals surface area contributed by atoms with Crippen molar-refractivity contribution in [2.75, 3.05) is 39.6 Å². The summed E-state index contributed by atoms with van der Waals surface area (Å²) >= 11 is 0. The molecule has 0 bridgehead atoms. The first kappa shape index (κ1) is 102. The second-order valence-corrected chi connectivity index (χ2v) is 30.4. The molecule has 0 heterocycles. The number of carbonyl (C=O) groups excluding carboxylic acids is 3. The van der Waals surface area contributed by atoms with Gasteiger partial charge in [0.2, 0.25) is 0 Å². The number of phosphoric ester groups is 2. The Hall–Kier alpha value is -4.83. The quantitative estimate of drug-likeness (QED) is 0.0146. The van der Waals surface area contributed by atoms with E-state index in [2.05, 4.69) is 179 Å². The molecule has 0 aliphatic rings. The molecule has 612 valence electrons. The van der Waals surface area contributed by atoms with Gasteiger partial charge in [-0.2, -0.15) is 0 Å². The Morgan fingerprint density at radius 1 is 0.271 bits per heavy atom. The van der Waals surface area contributed by atoms with Gasteiger partial charge in [0.15, 0.2) is 6.10 Å². The van der Waals surface area contributed by atoms with Crippen LogP contribution in [-0.4, -0.2) is 95.9 Å². The Labute approximate surface area is 650 Å². The lowest BCUT2D eigenvalue weighted by Crippen LogP contribution is -2.30. The zero-order chi connectivity index (χ0) is 78.0. The van der Waals surface area contributed by atoms with Crippen LogP contribution in [0.2, 0.25) is 0 Å². The molecule has 0 aliphatic heterocycles. The SMILES string of the molecule is CC/C=C\C/C=C\C/C=C\C/C=C\C/C=C\CCCCCCCCCC(=O)OCC(COP(=O)(O)OCC(O)COP(=O)(O)OCC(O)COC(=O)CCCCCCCCCCCCC/C=C\C/C=C\C/C=C\C/C=C\CCCCC)OC(=O)CCCCCCC/C=C\C/C=C\C/C=C\C/C=C\CCCCC. The third kappa shape index (κ3) is 82.0. The predicted octanol–water partition coefficient (Wildman–Crippen LogP) is 25.0. The number of hydrogen-bond acceptors (Lipinski definition) is 14. The normalized spacial score (nSPS) is 14.7. The number of phosphoric acid groups is 2. The minimum atomic E-state index is -4.95. The molecule has 0 amide bonds. The predicted molar refractivity (Wildman–Crippen MR) is 445 cm³/mol. The van der Waals surface area contributed by atoms with E-state index in [0.717, 1.165) is 180 Å². The molecule has 0 radical (unpaired) electrons. The van der Waals surface area contributed by atoms with Crippen LogP contribution in [0.3, 0.4) is 0 Å². The lowest BCUT2D eigenvalue weighted by Gasteiger charge is -2.21. The molecule has 0 saturated carbocycles. The van der Waals surface area contributed by atoms with E-state index in [9.17, 15) is 43.5 Å². The molecule has 5 unspecified atom stereocenters. The largest absolute Gasteiger partial charge is 0.472 e. The lowest BCUT2D eigenvalue weighted by molar-refractivity contribution is -0.161. The molecule has 0 fully saturated rings. The highest BCUT2D eigenvalue weighted by molar-refractivity contribution is 7.47. The van der Waals surface area contributed by atoms with E-state index >= 15 is 0 Å². The molecule has 107 heavy (non-hydrogen) atoms.